The fraction of sp³-hybridized carbons (Fsp3) is 0.333. The highest BCUT2D eigenvalue weighted by molar-refractivity contribution is 6.30. The maximum Gasteiger partial charge on any atom is 0.256 e. The minimum Gasteiger partial charge on any atom is -0.396 e. The van der Waals surface area contributed by atoms with Crippen molar-refractivity contribution in [1.82, 2.24) is 0 Å². The predicted molar refractivity (Wildman–Crippen MR) is 67.2 cm³/mol. The molecule has 1 aromatic rings. The molecule has 1 atom stereocenters. The summed E-state index contributed by atoms with van der Waals surface area (Å²) < 4.78 is 0. The highest BCUT2D eigenvalue weighted by atomic mass is 35.5. The molecule has 1 aliphatic rings. The van der Waals surface area contributed by atoms with Gasteiger partial charge in [-0.05, 0) is 37.6 Å². The largest absolute Gasteiger partial charge is 0.396 e. The Hall–Kier alpha value is -1.39. The number of hydrogen-bond donors (Lipinski definition) is 1. The molecule has 5 heteroatoms. The van der Waals surface area contributed by atoms with E-state index in [-0.39, 0.29) is 18.4 Å². The van der Waals surface area contributed by atoms with Crippen LogP contribution in [-0.4, -0.2) is 23.3 Å². The number of amides is 1. The quantitative estimate of drug-likeness (QED) is 0.895. The summed E-state index contributed by atoms with van der Waals surface area (Å²) in [6.07, 6.45) is 0.415. The van der Waals surface area contributed by atoms with Gasteiger partial charge in [0.25, 0.3) is 5.91 Å². The van der Waals surface area contributed by atoms with Crippen LogP contribution in [0.15, 0.2) is 29.4 Å². The molecule has 0 radical (unpaired) electrons. The molecule has 1 aliphatic heterocycles. The molecule has 1 N–H and O–H groups in total. The molecule has 0 saturated carbocycles. The molecule has 0 aromatic heterocycles. The first-order chi connectivity index (χ1) is 8.13. The van der Waals surface area contributed by atoms with Gasteiger partial charge >= 0.3 is 0 Å². The van der Waals surface area contributed by atoms with E-state index in [2.05, 4.69) is 5.10 Å². The second-order valence-corrected chi connectivity index (χ2v) is 4.37. The van der Waals surface area contributed by atoms with E-state index in [9.17, 15) is 4.79 Å². The zero-order valence-corrected chi connectivity index (χ0v) is 10.2. The number of carbonyl (C=O) groups excluding carboxylic acids is 1. The molecule has 1 aromatic carbocycles. The van der Waals surface area contributed by atoms with Crippen LogP contribution in [0.5, 0.6) is 0 Å². The normalized spacial score (nSPS) is 19.7. The van der Waals surface area contributed by atoms with Crippen LogP contribution in [0.4, 0.5) is 5.69 Å². The predicted octanol–water partition coefficient (Wildman–Crippen LogP) is 2.06. The first-order valence-corrected chi connectivity index (χ1v) is 5.77. The number of halogens is 1. The summed E-state index contributed by atoms with van der Waals surface area (Å²) in [7, 11) is 0. The zero-order valence-electron chi connectivity index (χ0n) is 9.43. The van der Waals surface area contributed by atoms with Crippen molar-refractivity contribution in [2.75, 3.05) is 11.6 Å². The molecular formula is C12H13ClN2O2. The Morgan fingerprint density at radius 3 is 2.65 bits per heavy atom. The molecule has 1 amide bonds. The van der Waals surface area contributed by atoms with Crippen molar-refractivity contribution >= 4 is 28.9 Å². The van der Waals surface area contributed by atoms with Gasteiger partial charge in [-0.2, -0.15) is 5.10 Å². The summed E-state index contributed by atoms with van der Waals surface area (Å²) in [5, 5.41) is 15.1. The highest BCUT2D eigenvalue weighted by Gasteiger charge is 2.33. The van der Waals surface area contributed by atoms with Crippen LogP contribution >= 0.6 is 11.6 Å². The van der Waals surface area contributed by atoms with Crippen molar-refractivity contribution < 1.29 is 9.90 Å². The first-order valence-electron chi connectivity index (χ1n) is 5.39. The Kier molecular flexibility index (Phi) is 3.45. The number of aliphatic hydroxyl groups excluding tert-OH is 1. The van der Waals surface area contributed by atoms with Gasteiger partial charge in [-0.3, -0.25) is 4.79 Å². The third-order valence-corrected chi connectivity index (χ3v) is 3.01. The Morgan fingerprint density at radius 1 is 1.41 bits per heavy atom. The minimum absolute atomic E-state index is 0.0161. The number of anilines is 1. The van der Waals surface area contributed by atoms with Gasteiger partial charge in [0.1, 0.15) is 0 Å². The lowest BCUT2D eigenvalue weighted by Gasteiger charge is -2.13. The molecule has 4 nitrogen and oxygen atoms in total. The molecule has 1 heterocycles. The van der Waals surface area contributed by atoms with Crippen LogP contribution in [0.2, 0.25) is 5.02 Å². The second kappa shape index (κ2) is 4.85. The Bertz CT molecular complexity index is 456. The fourth-order valence-electron chi connectivity index (χ4n) is 1.83. The number of hydrazone groups is 1. The Labute approximate surface area is 104 Å². The van der Waals surface area contributed by atoms with Crippen molar-refractivity contribution in [1.29, 1.82) is 0 Å². The third-order valence-electron chi connectivity index (χ3n) is 2.76. The summed E-state index contributed by atoms with van der Waals surface area (Å²) in [5.74, 6) is -0.408. The van der Waals surface area contributed by atoms with Gasteiger partial charge < -0.3 is 5.11 Å². The van der Waals surface area contributed by atoms with Gasteiger partial charge in [0.15, 0.2) is 0 Å². The van der Waals surface area contributed by atoms with Crippen molar-refractivity contribution in [2.24, 2.45) is 11.0 Å². The lowest BCUT2D eigenvalue weighted by molar-refractivity contribution is -0.120. The van der Waals surface area contributed by atoms with Crippen LogP contribution in [0.1, 0.15) is 13.3 Å². The van der Waals surface area contributed by atoms with E-state index in [1.54, 1.807) is 31.2 Å². The van der Waals surface area contributed by atoms with Gasteiger partial charge in [0, 0.05) is 17.3 Å². The van der Waals surface area contributed by atoms with Crippen molar-refractivity contribution in [3.63, 3.8) is 0 Å². The van der Waals surface area contributed by atoms with Gasteiger partial charge in [-0.1, -0.05) is 11.6 Å². The van der Waals surface area contributed by atoms with E-state index >= 15 is 0 Å². The van der Waals surface area contributed by atoms with E-state index < -0.39 is 0 Å². The van der Waals surface area contributed by atoms with Crippen LogP contribution in [-0.2, 0) is 4.79 Å². The molecule has 0 spiro atoms. The third kappa shape index (κ3) is 2.33. The fourth-order valence-corrected chi connectivity index (χ4v) is 1.96. The number of aliphatic hydroxyl groups is 1. The molecule has 1 unspecified atom stereocenters. The average molecular weight is 253 g/mol. The van der Waals surface area contributed by atoms with Crippen LogP contribution in [0.3, 0.4) is 0 Å². The standard InChI is InChI=1S/C12H13ClN2O2/c1-8-11(6-7-16)12(17)15(14-8)10-4-2-9(13)3-5-10/h2-5,11,16H,6-7H2,1H3. The molecule has 0 fully saturated rings. The number of carbonyl (C=O) groups is 1. The summed E-state index contributed by atoms with van der Waals surface area (Å²) in [6.45, 7) is 1.78. The maximum absolute atomic E-state index is 12.1. The van der Waals surface area contributed by atoms with Crippen molar-refractivity contribution in [3.05, 3.63) is 29.3 Å². The topological polar surface area (TPSA) is 52.9 Å². The number of hydrogen-bond acceptors (Lipinski definition) is 3. The second-order valence-electron chi connectivity index (χ2n) is 3.93. The maximum atomic E-state index is 12.1. The van der Waals surface area contributed by atoms with E-state index in [0.29, 0.717) is 17.1 Å². The molecule has 17 heavy (non-hydrogen) atoms. The first kappa shape index (κ1) is 12.1. The van der Waals surface area contributed by atoms with Crippen molar-refractivity contribution in [2.45, 2.75) is 13.3 Å². The van der Waals surface area contributed by atoms with E-state index in [1.165, 1.54) is 5.01 Å². The number of benzene rings is 1. The lowest BCUT2D eigenvalue weighted by Crippen LogP contribution is -2.27. The van der Waals surface area contributed by atoms with Gasteiger partial charge in [0.05, 0.1) is 11.6 Å². The summed E-state index contributed by atoms with van der Waals surface area (Å²) in [6, 6.07) is 6.93. The molecule has 0 saturated heterocycles. The van der Waals surface area contributed by atoms with E-state index in [0.717, 1.165) is 5.71 Å². The minimum atomic E-state index is -0.310. The van der Waals surface area contributed by atoms with Gasteiger partial charge in [-0.15, -0.1) is 0 Å². The monoisotopic (exact) mass is 252 g/mol. The number of rotatable bonds is 3. The smallest absolute Gasteiger partial charge is 0.256 e. The van der Waals surface area contributed by atoms with Crippen LogP contribution in [0, 0.1) is 5.92 Å². The Balaban J connectivity index is 2.24. The summed E-state index contributed by atoms with van der Waals surface area (Å²) >= 11 is 5.79. The van der Waals surface area contributed by atoms with Gasteiger partial charge in [-0.25, -0.2) is 5.01 Å². The molecule has 0 aliphatic carbocycles. The Morgan fingerprint density at radius 2 is 2.06 bits per heavy atom. The molecule has 90 valence electrons. The highest BCUT2D eigenvalue weighted by Crippen LogP contribution is 2.26. The van der Waals surface area contributed by atoms with Crippen molar-refractivity contribution in [3.8, 4) is 0 Å². The average Bonchev–Trinajstić information content (AvgIpc) is 2.59. The molecular weight excluding hydrogens is 240 g/mol. The molecule has 2 rings (SSSR count). The molecule has 0 bridgehead atoms. The SMILES string of the molecule is CC1=NN(c2ccc(Cl)cc2)C(=O)C1CCO. The number of nitrogens with zero attached hydrogens (tertiary/aromatic N) is 2. The summed E-state index contributed by atoms with van der Waals surface area (Å²) in [4.78, 5) is 12.1. The van der Waals surface area contributed by atoms with E-state index in [1.807, 2.05) is 0 Å². The van der Waals surface area contributed by atoms with Gasteiger partial charge in [0.2, 0.25) is 0 Å². The van der Waals surface area contributed by atoms with Crippen LogP contribution < -0.4 is 5.01 Å². The lowest BCUT2D eigenvalue weighted by atomic mass is 10.0. The summed E-state index contributed by atoms with van der Waals surface area (Å²) in [5.41, 5.74) is 1.43. The van der Waals surface area contributed by atoms with Crippen LogP contribution in [0.25, 0.3) is 0 Å². The zero-order chi connectivity index (χ0) is 12.4. The van der Waals surface area contributed by atoms with E-state index in [4.69, 9.17) is 16.7 Å².